The molecule has 3 nitrogen and oxygen atoms in total. The van der Waals surface area contributed by atoms with Gasteiger partial charge in [-0.25, -0.2) is 0 Å². The molecule has 0 amide bonds. The molecule has 0 radical (unpaired) electrons. The summed E-state index contributed by atoms with van der Waals surface area (Å²) in [6.07, 6.45) is -5.89. The van der Waals surface area contributed by atoms with E-state index in [2.05, 4.69) is 5.10 Å². The van der Waals surface area contributed by atoms with Crippen molar-refractivity contribution in [3.05, 3.63) is 18.0 Å². The van der Waals surface area contributed by atoms with Gasteiger partial charge in [-0.2, -0.15) is 18.3 Å². The fourth-order valence-electron chi connectivity index (χ4n) is 0.820. The van der Waals surface area contributed by atoms with Crippen LogP contribution >= 0.6 is 0 Å². The van der Waals surface area contributed by atoms with Crippen LogP contribution in [0.1, 0.15) is 11.8 Å². The number of hydrogen-bond acceptors (Lipinski definition) is 2. The first-order valence-corrected chi connectivity index (χ1v) is 3.15. The van der Waals surface area contributed by atoms with Gasteiger partial charge < -0.3 is 5.11 Å². The second-order valence-electron chi connectivity index (χ2n) is 2.32. The quantitative estimate of drug-likeness (QED) is 0.700. The zero-order valence-corrected chi connectivity index (χ0v) is 6.21. The predicted octanol–water partition coefficient (Wildman–Crippen LogP) is 1.02. The highest BCUT2D eigenvalue weighted by Crippen LogP contribution is 2.31. The van der Waals surface area contributed by atoms with Crippen LogP contribution in [0.5, 0.6) is 0 Å². The summed E-state index contributed by atoms with van der Waals surface area (Å²) in [5, 5.41) is 12.2. The highest BCUT2D eigenvalue weighted by atomic mass is 19.4. The summed E-state index contributed by atoms with van der Waals surface area (Å²) in [6, 6.07) is 1.12. The van der Waals surface area contributed by atoms with Crippen molar-refractivity contribution < 1.29 is 18.3 Å². The van der Waals surface area contributed by atoms with E-state index in [1.54, 1.807) is 0 Å². The summed E-state index contributed by atoms with van der Waals surface area (Å²) in [6.45, 7) is 0. The number of alkyl halides is 3. The zero-order valence-electron chi connectivity index (χ0n) is 6.21. The average molecular weight is 180 g/mol. The molecule has 0 saturated heterocycles. The minimum atomic E-state index is -4.63. The fourth-order valence-corrected chi connectivity index (χ4v) is 0.820. The maximum atomic E-state index is 11.9. The molecule has 0 aromatic carbocycles. The third kappa shape index (κ3) is 1.58. The van der Waals surface area contributed by atoms with Crippen LogP contribution in [0.4, 0.5) is 13.2 Å². The maximum Gasteiger partial charge on any atom is 0.420 e. The molecule has 68 valence electrons. The zero-order chi connectivity index (χ0) is 9.35. The Kier molecular flexibility index (Phi) is 2.10. The van der Waals surface area contributed by atoms with Crippen molar-refractivity contribution in [1.29, 1.82) is 0 Å². The Morgan fingerprint density at radius 2 is 2.17 bits per heavy atom. The number of hydrogen-bond donors (Lipinski definition) is 1. The molecule has 0 saturated carbocycles. The van der Waals surface area contributed by atoms with Crippen molar-refractivity contribution in [2.75, 3.05) is 0 Å². The van der Waals surface area contributed by atoms with Crippen molar-refractivity contribution in [2.45, 2.75) is 12.3 Å². The van der Waals surface area contributed by atoms with Gasteiger partial charge in [0.05, 0.1) is 5.69 Å². The highest BCUT2D eigenvalue weighted by molar-refractivity contribution is 5.05. The van der Waals surface area contributed by atoms with Gasteiger partial charge in [0.15, 0.2) is 6.10 Å². The van der Waals surface area contributed by atoms with Gasteiger partial charge >= 0.3 is 6.18 Å². The van der Waals surface area contributed by atoms with Crippen molar-refractivity contribution in [2.24, 2.45) is 7.05 Å². The lowest BCUT2D eigenvalue weighted by Crippen LogP contribution is -2.22. The molecule has 0 aliphatic carbocycles. The van der Waals surface area contributed by atoms with Gasteiger partial charge in [0, 0.05) is 13.2 Å². The second kappa shape index (κ2) is 2.78. The molecule has 1 aromatic heterocycles. The van der Waals surface area contributed by atoms with Crippen LogP contribution in [0.15, 0.2) is 12.3 Å². The Morgan fingerprint density at radius 3 is 2.50 bits per heavy atom. The van der Waals surface area contributed by atoms with Gasteiger partial charge in [-0.15, -0.1) is 0 Å². The van der Waals surface area contributed by atoms with Crippen molar-refractivity contribution >= 4 is 0 Å². The number of nitrogens with zero attached hydrogens (tertiary/aromatic N) is 2. The van der Waals surface area contributed by atoms with Crippen LogP contribution in [-0.2, 0) is 7.05 Å². The van der Waals surface area contributed by atoms with Crippen molar-refractivity contribution in [3.63, 3.8) is 0 Å². The fraction of sp³-hybridized carbons (Fsp3) is 0.500. The second-order valence-corrected chi connectivity index (χ2v) is 2.32. The Balaban J connectivity index is 2.92. The van der Waals surface area contributed by atoms with Crippen LogP contribution in [0.25, 0.3) is 0 Å². The van der Waals surface area contributed by atoms with Crippen LogP contribution < -0.4 is 0 Å². The summed E-state index contributed by atoms with van der Waals surface area (Å²) < 4.78 is 36.7. The Bertz CT molecular complexity index is 268. The molecule has 0 spiro atoms. The molecule has 1 rings (SSSR count). The van der Waals surface area contributed by atoms with E-state index in [9.17, 15) is 13.2 Å². The Labute approximate surface area is 66.4 Å². The normalized spacial score (nSPS) is 14.8. The van der Waals surface area contributed by atoms with Crippen molar-refractivity contribution in [3.8, 4) is 0 Å². The first-order valence-electron chi connectivity index (χ1n) is 3.15. The largest absolute Gasteiger partial charge is 0.420 e. The van der Waals surface area contributed by atoms with Gasteiger partial charge in [0.25, 0.3) is 0 Å². The average Bonchev–Trinajstić information content (AvgIpc) is 2.31. The van der Waals surface area contributed by atoms with E-state index in [1.165, 1.54) is 13.2 Å². The molecular formula is C6H7F3N2O. The first kappa shape index (κ1) is 9.05. The van der Waals surface area contributed by atoms with Gasteiger partial charge in [-0.3, -0.25) is 4.68 Å². The summed E-state index contributed by atoms with van der Waals surface area (Å²) in [7, 11) is 1.34. The summed E-state index contributed by atoms with van der Waals surface area (Å²) in [5.41, 5.74) is -0.262. The lowest BCUT2D eigenvalue weighted by Gasteiger charge is -2.13. The minimum Gasteiger partial charge on any atom is -0.378 e. The molecule has 1 heterocycles. The number of aliphatic hydroxyl groups excluding tert-OH is 1. The molecule has 0 aliphatic rings. The van der Waals surface area contributed by atoms with Crippen LogP contribution in [-0.4, -0.2) is 21.1 Å². The first-order chi connectivity index (χ1) is 5.43. The summed E-state index contributed by atoms with van der Waals surface area (Å²) in [4.78, 5) is 0. The topological polar surface area (TPSA) is 38.0 Å². The summed E-state index contributed by atoms with van der Waals surface area (Å²) in [5.74, 6) is 0. The third-order valence-corrected chi connectivity index (χ3v) is 1.45. The monoisotopic (exact) mass is 180 g/mol. The molecule has 1 unspecified atom stereocenters. The molecule has 0 aliphatic heterocycles. The highest BCUT2D eigenvalue weighted by Gasteiger charge is 2.40. The minimum absolute atomic E-state index is 0.262. The van der Waals surface area contributed by atoms with Crippen LogP contribution in [0.2, 0.25) is 0 Å². The van der Waals surface area contributed by atoms with E-state index in [1.807, 2.05) is 0 Å². The van der Waals surface area contributed by atoms with E-state index in [0.717, 1.165) is 10.7 Å². The number of aliphatic hydroxyl groups is 1. The molecule has 1 N–H and O–H groups in total. The molecular weight excluding hydrogens is 173 g/mol. The maximum absolute atomic E-state index is 11.9. The molecule has 6 heteroatoms. The van der Waals surface area contributed by atoms with E-state index in [4.69, 9.17) is 5.11 Å². The van der Waals surface area contributed by atoms with Gasteiger partial charge in [-0.1, -0.05) is 0 Å². The summed E-state index contributed by atoms with van der Waals surface area (Å²) >= 11 is 0. The Morgan fingerprint density at radius 1 is 1.58 bits per heavy atom. The molecule has 0 bridgehead atoms. The number of halogens is 3. The standard InChI is InChI=1S/C6H7F3N2O/c1-11-4(2-3-10-11)5(12)6(7,8)9/h2-3,5,12H,1H3. The van der Waals surface area contributed by atoms with Crippen LogP contribution in [0, 0.1) is 0 Å². The van der Waals surface area contributed by atoms with Gasteiger partial charge in [0.1, 0.15) is 0 Å². The van der Waals surface area contributed by atoms with Gasteiger partial charge in [0.2, 0.25) is 0 Å². The van der Waals surface area contributed by atoms with E-state index >= 15 is 0 Å². The number of aryl methyl sites for hydroxylation is 1. The Hall–Kier alpha value is -1.04. The lowest BCUT2D eigenvalue weighted by atomic mass is 10.2. The van der Waals surface area contributed by atoms with E-state index in [0.29, 0.717) is 0 Å². The molecule has 1 atom stereocenters. The number of rotatable bonds is 1. The smallest absolute Gasteiger partial charge is 0.378 e. The van der Waals surface area contributed by atoms with Crippen LogP contribution in [0.3, 0.4) is 0 Å². The lowest BCUT2D eigenvalue weighted by molar-refractivity contribution is -0.208. The van der Waals surface area contributed by atoms with E-state index < -0.39 is 12.3 Å². The molecule has 0 fully saturated rings. The van der Waals surface area contributed by atoms with Crippen molar-refractivity contribution in [1.82, 2.24) is 9.78 Å². The molecule has 12 heavy (non-hydrogen) atoms. The third-order valence-electron chi connectivity index (χ3n) is 1.45. The SMILES string of the molecule is Cn1nccc1C(O)C(F)(F)F. The van der Waals surface area contributed by atoms with E-state index in [-0.39, 0.29) is 5.69 Å². The predicted molar refractivity (Wildman–Crippen MR) is 34.2 cm³/mol. The molecule has 1 aromatic rings. The number of aromatic nitrogens is 2. The van der Waals surface area contributed by atoms with Gasteiger partial charge in [-0.05, 0) is 6.07 Å².